The zero-order chi connectivity index (χ0) is 19.1. The molecule has 0 bridgehead atoms. The summed E-state index contributed by atoms with van der Waals surface area (Å²) in [5.41, 5.74) is 0.403. The average molecular weight is 397 g/mol. The first-order chi connectivity index (χ1) is 12.1. The maximum Gasteiger partial charge on any atom is 0.496 e. The summed E-state index contributed by atoms with van der Waals surface area (Å²) in [5.74, 6) is 0.104. The van der Waals surface area contributed by atoms with Gasteiger partial charge in [-0.15, -0.1) is 0 Å². The molecule has 0 radical (unpaired) electrons. The van der Waals surface area contributed by atoms with Crippen LogP contribution in [0.2, 0.25) is 10.0 Å². The molecule has 1 saturated heterocycles. The lowest BCUT2D eigenvalue weighted by Crippen LogP contribution is -2.41. The second-order valence-corrected chi connectivity index (χ2v) is 8.13. The van der Waals surface area contributed by atoms with Gasteiger partial charge in [-0.1, -0.05) is 35.3 Å². The SMILES string of the molecule is CC1(C)OB(c2cc(Cl)c(OCc3cccc(F)c3)cc2Cl)OC1(C)C. The van der Waals surface area contributed by atoms with Gasteiger partial charge >= 0.3 is 7.12 Å². The van der Waals surface area contributed by atoms with Crippen LogP contribution in [0.25, 0.3) is 0 Å². The number of hydrogen-bond acceptors (Lipinski definition) is 3. The summed E-state index contributed by atoms with van der Waals surface area (Å²) in [6, 6.07) is 9.51. The zero-order valence-corrected chi connectivity index (χ0v) is 16.6. The van der Waals surface area contributed by atoms with Crippen molar-refractivity contribution in [2.24, 2.45) is 0 Å². The Hall–Kier alpha value is -1.27. The first kappa shape index (κ1) is 19.5. The van der Waals surface area contributed by atoms with Crippen molar-refractivity contribution in [1.29, 1.82) is 0 Å². The van der Waals surface area contributed by atoms with Crippen molar-refractivity contribution in [2.45, 2.75) is 45.5 Å². The Morgan fingerprint density at radius 2 is 1.65 bits per heavy atom. The van der Waals surface area contributed by atoms with Gasteiger partial charge in [-0.3, -0.25) is 0 Å². The Morgan fingerprint density at radius 1 is 1.00 bits per heavy atom. The van der Waals surface area contributed by atoms with Crippen molar-refractivity contribution in [3.05, 3.63) is 57.8 Å². The van der Waals surface area contributed by atoms with E-state index in [1.165, 1.54) is 12.1 Å². The van der Waals surface area contributed by atoms with E-state index in [1.54, 1.807) is 24.3 Å². The van der Waals surface area contributed by atoms with Crippen LogP contribution in [0.15, 0.2) is 36.4 Å². The van der Waals surface area contributed by atoms with Crippen LogP contribution in [0.3, 0.4) is 0 Å². The maximum absolute atomic E-state index is 13.3. The Labute approximate surface area is 163 Å². The molecule has 0 N–H and O–H groups in total. The zero-order valence-electron chi connectivity index (χ0n) is 15.1. The van der Waals surface area contributed by atoms with Gasteiger partial charge < -0.3 is 14.0 Å². The fourth-order valence-corrected chi connectivity index (χ4v) is 3.06. The lowest BCUT2D eigenvalue weighted by atomic mass is 9.79. The van der Waals surface area contributed by atoms with E-state index in [-0.39, 0.29) is 12.4 Å². The Balaban J connectivity index is 1.79. The molecule has 1 aliphatic heterocycles. The van der Waals surface area contributed by atoms with Gasteiger partial charge in [-0.2, -0.15) is 0 Å². The molecule has 0 atom stereocenters. The predicted octanol–water partition coefficient (Wildman–Crippen LogP) is 5.01. The second kappa shape index (κ2) is 7.04. The van der Waals surface area contributed by atoms with E-state index in [4.69, 9.17) is 37.2 Å². The topological polar surface area (TPSA) is 27.7 Å². The molecule has 138 valence electrons. The van der Waals surface area contributed by atoms with Crippen LogP contribution in [-0.4, -0.2) is 18.3 Å². The molecule has 3 nitrogen and oxygen atoms in total. The van der Waals surface area contributed by atoms with Gasteiger partial charge in [0.1, 0.15) is 18.2 Å². The third-order valence-electron chi connectivity index (χ3n) is 4.84. The van der Waals surface area contributed by atoms with Crippen molar-refractivity contribution in [1.82, 2.24) is 0 Å². The first-order valence-electron chi connectivity index (χ1n) is 8.31. The minimum atomic E-state index is -0.609. The highest BCUT2D eigenvalue weighted by Gasteiger charge is 2.52. The molecule has 1 aliphatic rings. The smallest absolute Gasteiger partial charge is 0.487 e. The summed E-state index contributed by atoms with van der Waals surface area (Å²) in [7, 11) is -0.609. The van der Waals surface area contributed by atoms with E-state index >= 15 is 0 Å². The molecule has 0 spiro atoms. The molecule has 26 heavy (non-hydrogen) atoms. The molecule has 3 rings (SSSR count). The van der Waals surface area contributed by atoms with Crippen LogP contribution in [0, 0.1) is 5.82 Å². The number of benzene rings is 2. The second-order valence-electron chi connectivity index (χ2n) is 7.31. The summed E-state index contributed by atoms with van der Waals surface area (Å²) in [4.78, 5) is 0. The minimum absolute atomic E-state index is 0.184. The van der Waals surface area contributed by atoms with Crippen LogP contribution in [0.4, 0.5) is 4.39 Å². The third-order valence-corrected chi connectivity index (χ3v) is 5.46. The molecule has 2 aromatic rings. The van der Waals surface area contributed by atoms with Crippen LogP contribution < -0.4 is 10.2 Å². The highest BCUT2D eigenvalue weighted by atomic mass is 35.5. The molecule has 7 heteroatoms. The highest BCUT2D eigenvalue weighted by Crippen LogP contribution is 2.38. The molecule has 0 aliphatic carbocycles. The van der Waals surface area contributed by atoms with Crippen molar-refractivity contribution in [3.63, 3.8) is 0 Å². The van der Waals surface area contributed by atoms with Gasteiger partial charge in [0.25, 0.3) is 0 Å². The van der Waals surface area contributed by atoms with Gasteiger partial charge in [-0.05, 0) is 57.5 Å². The Bertz CT molecular complexity index is 810. The Morgan fingerprint density at radius 3 is 2.27 bits per heavy atom. The normalized spacial score (nSPS) is 18.2. The van der Waals surface area contributed by atoms with Gasteiger partial charge in [0, 0.05) is 10.5 Å². The van der Waals surface area contributed by atoms with Gasteiger partial charge in [0.15, 0.2) is 0 Å². The number of rotatable bonds is 4. The molecule has 0 aromatic heterocycles. The van der Waals surface area contributed by atoms with Crippen LogP contribution in [0.1, 0.15) is 33.3 Å². The number of halogens is 3. The summed E-state index contributed by atoms with van der Waals surface area (Å²) in [6.45, 7) is 8.07. The van der Waals surface area contributed by atoms with E-state index in [1.807, 2.05) is 27.7 Å². The third kappa shape index (κ3) is 3.86. The Kier molecular flexibility index (Phi) is 5.28. The van der Waals surface area contributed by atoms with E-state index in [2.05, 4.69) is 0 Å². The molecular weight excluding hydrogens is 377 g/mol. The lowest BCUT2D eigenvalue weighted by Gasteiger charge is -2.32. The monoisotopic (exact) mass is 396 g/mol. The largest absolute Gasteiger partial charge is 0.496 e. The van der Waals surface area contributed by atoms with Gasteiger partial charge in [-0.25, -0.2) is 4.39 Å². The minimum Gasteiger partial charge on any atom is -0.487 e. The number of hydrogen-bond donors (Lipinski definition) is 0. The molecule has 0 amide bonds. The molecular formula is C19H20BCl2FO3. The molecule has 0 saturated carbocycles. The quantitative estimate of drug-likeness (QED) is 0.679. The van der Waals surface area contributed by atoms with E-state index in [0.29, 0.717) is 26.8 Å². The van der Waals surface area contributed by atoms with Gasteiger partial charge in [0.2, 0.25) is 0 Å². The summed E-state index contributed by atoms with van der Waals surface area (Å²) >= 11 is 12.8. The average Bonchev–Trinajstić information content (AvgIpc) is 2.75. The summed E-state index contributed by atoms with van der Waals surface area (Å²) < 4.78 is 31.0. The maximum atomic E-state index is 13.3. The van der Waals surface area contributed by atoms with Crippen molar-refractivity contribution < 1.29 is 18.4 Å². The van der Waals surface area contributed by atoms with E-state index in [0.717, 1.165) is 0 Å². The molecule has 1 fully saturated rings. The van der Waals surface area contributed by atoms with E-state index in [9.17, 15) is 4.39 Å². The fraction of sp³-hybridized carbons (Fsp3) is 0.368. The summed E-state index contributed by atoms with van der Waals surface area (Å²) in [6.07, 6.45) is 0. The van der Waals surface area contributed by atoms with Crippen LogP contribution in [-0.2, 0) is 15.9 Å². The van der Waals surface area contributed by atoms with E-state index < -0.39 is 18.3 Å². The van der Waals surface area contributed by atoms with Crippen LogP contribution in [0.5, 0.6) is 5.75 Å². The molecule has 1 heterocycles. The standard InChI is InChI=1S/C19H20BCl2FO3/c1-18(2)19(3,4)26-20(25-18)14-9-16(22)17(10-15(14)21)24-11-12-6-5-7-13(23)8-12/h5-10H,11H2,1-4H3. The predicted molar refractivity (Wildman–Crippen MR) is 103 cm³/mol. The molecule has 0 unspecified atom stereocenters. The summed E-state index contributed by atoms with van der Waals surface area (Å²) in [5, 5.41) is 0.817. The lowest BCUT2D eigenvalue weighted by molar-refractivity contribution is 0.00578. The first-order valence-corrected chi connectivity index (χ1v) is 9.06. The molecule has 2 aromatic carbocycles. The fourth-order valence-electron chi connectivity index (χ4n) is 2.59. The van der Waals surface area contributed by atoms with Crippen LogP contribution >= 0.6 is 23.2 Å². The van der Waals surface area contributed by atoms with Crippen molar-refractivity contribution >= 4 is 35.8 Å². The highest BCUT2D eigenvalue weighted by molar-refractivity contribution is 6.66. The van der Waals surface area contributed by atoms with Gasteiger partial charge in [0.05, 0.1) is 16.2 Å². The van der Waals surface area contributed by atoms with Crippen molar-refractivity contribution in [3.8, 4) is 5.75 Å². The van der Waals surface area contributed by atoms with Crippen molar-refractivity contribution in [2.75, 3.05) is 0 Å². The number of ether oxygens (including phenoxy) is 1.